The number of benzene rings is 4. The normalized spacial score (nSPS) is 13.9. The Kier molecular flexibility index (Phi) is 6.45. The summed E-state index contributed by atoms with van der Waals surface area (Å²) >= 11 is 0. The molecule has 1 aliphatic rings. The van der Waals surface area contributed by atoms with Crippen molar-refractivity contribution in [3.8, 4) is 23.0 Å². The molecule has 1 N–H and O–H groups in total. The fraction of sp³-hybridized carbons (Fsp3) is 0.212. The van der Waals surface area contributed by atoms with Crippen molar-refractivity contribution < 1.29 is 9.53 Å². The Hall–Kier alpha value is -3.42. The van der Waals surface area contributed by atoms with Crippen LogP contribution in [0.2, 0.25) is 5.04 Å². The molecule has 4 aromatic rings. The van der Waals surface area contributed by atoms with E-state index in [9.17, 15) is 5.11 Å². The van der Waals surface area contributed by atoms with E-state index in [2.05, 4.69) is 93.3 Å². The van der Waals surface area contributed by atoms with Crippen molar-refractivity contribution in [2.75, 3.05) is 6.61 Å². The highest BCUT2D eigenvalue weighted by Crippen LogP contribution is 2.48. The van der Waals surface area contributed by atoms with Crippen molar-refractivity contribution in [3.63, 3.8) is 0 Å². The van der Waals surface area contributed by atoms with E-state index in [1.54, 1.807) is 0 Å². The monoisotopic (exact) mass is 488 g/mol. The molecule has 0 fully saturated rings. The van der Waals surface area contributed by atoms with Gasteiger partial charge in [-0.1, -0.05) is 142 Å². The van der Waals surface area contributed by atoms with Gasteiger partial charge in [0.05, 0.1) is 6.61 Å². The molecular formula is C33H32O2Si. The molecule has 4 aromatic carbocycles. The van der Waals surface area contributed by atoms with Crippen LogP contribution in [-0.2, 0) is 10.0 Å². The number of aliphatic hydroxyl groups is 1. The number of rotatable bonds is 5. The lowest BCUT2D eigenvalue weighted by Gasteiger charge is -2.42. The van der Waals surface area contributed by atoms with Gasteiger partial charge in [-0.25, -0.2) is 0 Å². The minimum atomic E-state index is -2.63. The summed E-state index contributed by atoms with van der Waals surface area (Å²) in [5.41, 5.74) is 2.90. The van der Waals surface area contributed by atoms with Crippen LogP contribution in [0.4, 0.5) is 0 Å². The Balaban J connectivity index is 1.45. The maximum Gasteiger partial charge on any atom is 0.262 e. The Morgan fingerprint density at radius 1 is 0.667 bits per heavy atom. The maximum absolute atomic E-state index is 11.8. The van der Waals surface area contributed by atoms with Crippen molar-refractivity contribution in [1.82, 2.24) is 0 Å². The summed E-state index contributed by atoms with van der Waals surface area (Å²) in [6, 6.07) is 37.4. The van der Waals surface area contributed by atoms with Gasteiger partial charge in [-0.3, -0.25) is 0 Å². The van der Waals surface area contributed by atoms with Crippen molar-refractivity contribution in [3.05, 3.63) is 120 Å². The van der Waals surface area contributed by atoms with Crippen LogP contribution < -0.4 is 10.4 Å². The smallest absolute Gasteiger partial charge is 0.262 e. The van der Waals surface area contributed by atoms with E-state index >= 15 is 0 Å². The molecule has 2 nitrogen and oxygen atoms in total. The topological polar surface area (TPSA) is 29.5 Å². The molecule has 0 radical (unpaired) electrons. The number of hydrogen-bond acceptors (Lipinski definition) is 2. The van der Waals surface area contributed by atoms with Crippen LogP contribution in [0.3, 0.4) is 0 Å². The lowest BCUT2D eigenvalue weighted by atomic mass is 9.88. The van der Waals surface area contributed by atoms with E-state index in [0.717, 1.165) is 22.3 Å². The van der Waals surface area contributed by atoms with Gasteiger partial charge in [-0.2, -0.15) is 0 Å². The average molecular weight is 489 g/mol. The highest BCUT2D eigenvalue weighted by molar-refractivity contribution is 6.99. The Labute approximate surface area is 215 Å². The van der Waals surface area contributed by atoms with Gasteiger partial charge in [0, 0.05) is 6.42 Å². The van der Waals surface area contributed by atoms with Crippen LogP contribution in [0.5, 0.6) is 0 Å². The van der Waals surface area contributed by atoms with Crippen molar-refractivity contribution in [2.45, 2.75) is 37.8 Å². The van der Waals surface area contributed by atoms with Crippen molar-refractivity contribution in [1.29, 1.82) is 0 Å². The minimum absolute atomic E-state index is 0.0983. The molecule has 5 rings (SSSR count). The first-order valence-electron chi connectivity index (χ1n) is 12.5. The van der Waals surface area contributed by atoms with Gasteiger partial charge in [0.25, 0.3) is 8.32 Å². The number of fused-ring (bicyclic) bond motifs is 3. The Bertz CT molecular complexity index is 1320. The molecule has 3 heteroatoms. The van der Waals surface area contributed by atoms with E-state index in [4.69, 9.17) is 4.43 Å². The molecule has 36 heavy (non-hydrogen) atoms. The zero-order valence-corrected chi connectivity index (χ0v) is 22.2. The molecule has 0 aliphatic heterocycles. The summed E-state index contributed by atoms with van der Waals surface area (Å²) in [6.45, 7) is 7.11. The fourth-order valence-electron chi connectivity index (χ4n) is 5.64. The second-order valence-electron chi connectivity index (χ2n) is 10.4. The largest absolute Gasteiger partial charge is 0.396 e. The molecule has 0 spiro atoms. The zero-order chi connectivity index (χ0) is 25.2. The fourth-order valence-corrected chi connectivity index (χ4v) is 10.1. The van der Waals surface area contributed by atoms with Gasteiger partial charge in [0.1, 0.15) is 5.60 Å². The van der Waals surface area contributed by atoms with Gasteiger partial charge in [-0.05, 0) is 37.7 Å². The Morgan fingerprint density at radius 3 is 1.58 bits per heavy atom. The van der Waals surface area contributed by atoms with Crippen LogP contribution in [0.1, 0.15) is 38.3 Å². The molecule has 1 aliphatic carbocycles. The van der Waals surface area contributed by atoms with E-state index in [0.29, 0.717) is 13.0 Å². The molecule has 0 atom stereocenters. The SMILES string of the molecule is CC(C)(C)[Si](OCC#CCC1(O)c2ccccc2-c2ccccc21)(c1ccccc1)c1ccccc1. The first kappa shape index (κ1) is 24.3. The first-order valence-corrected chi connectivity index (χ1v) is 14.4. The summed E-state index contributed by atoms with van der Waals surface area (Å²) in [5.74, 6) is 6.54. The quantitative estimate of drug-likeness (QED) is 0.281. The van der Waals surface area contributed by atoms with Crippen LogP contribution in [0, 0.1) is 11.8 Å². The van der Waals surface area contributed by atoms with Crippen LogP contribution in [0.25, 0.3) is 11.1 Å². The average Bonchev–Trinajstić information content (AvgIpc) is 3.15. The lowest BCUT2D eigenvalue weighted by Crippen LogP contribution is -2.66. The zero-order valence-electron chi connectivity index (χ0n) is 21.2. The molecule has 0 saturated heterocycles. The lowest BCUT2D eigenvalue weighted by molar-refractivity contribution is 0.0914. The predicted octanol–water partition coefficient (Wildman–Crippen LogP) is 5.87. The molecule has 0 aromatic heterocycles. The molecule has 0 amide bonds. The molecule has 0 unspecified atom stereocenters. The molecule has 0 saturated carbocycles. The molecule has 0 heterocycles. The third-order valence-electron chi connectivity index (χ3n) is 7.28. The van der Waals surface area contributed by atoms with Crippen LogP contribution >= 0.6 is 0 Å². The second-order valence-corrected chi connectivity index (χ2v) is 14.7. The summed E-state index contributed by atoms with van der Waals surface area (Å²) in [5, 5.41) is 14.2. The van der Waals surface area contributed by atoms with Crippen molar-refractivity contribution in [2.24, 2.45) is 0 Å². The van der Waals surface area contributed by atoms with Gasteiger partial charge < -0.3 is 9.53 Å². The standard InChI is InChI=1S/C33H32O2Si/c1-32(2,3)36(26-16-6-4-7-17-26,27-18-8-5-9-19-27)35-25-15-14-24-33(34)30-22-12-10-20-28(30)29-21-11-13-23-31(29)33/h4-13,16-23,34H,24-25H2,1-3H3. The van der Waals surface area contributed by atoms with Gasteiger partial charge in [0.2, 0.25) is 0 Å². The van der Waals surface area contributed by atoms with Crippen LogP contribution in [0.15, 0.2) is 109 Å². The number of hydrogen-bond donors (Lipinski definition) is 1. The van der Waals surface area contributed by atoms with E-state index in [1.165, 1.54) is 10.4 Å². The third-order valence-corrected chi connectivity index (χ3v) is 12.3. The van der Waals surface area contributed by atoms with E-state index in [-0.39, 0.29) is 5.04 Å². The van der Waals surface area contributed by atoms with Gasteiger partial charge >= 0.3 is 0 Å². The first-order chi connectivity index (χ1) is 17.4. The van der Waals surface area contributed by atoms with E-state index in [1.807, 2.05) is 48.5 Å². The highest BCUT2D eigenvalue weighted by Gasteiger charge is 2.50. The molecule has 0 bridgehead atoms. The molecular weight excluding hydrogens is 456 g/mol. The minimum Gasteiger partial charge on any atom is -0.396 e. The summed E-state index contributed by atoms with van der Waals surface area (Å²) in [7, 11) is -2.63. The summed E-state index contributed by atoms with van der Waals surface area (Å²) in [6.07, 6.45) is 0.325. The summed E-state index contributed by atoms with van der Waals surface area (Å²) < 4.78 is 6.89. The van der Waals surface area contributed by atoms with Gasteiger partial charge in [0.15, 0.2) is 0 Å². The highest BCUT2D eigenvalue weighted by atomic mass is 28.4. The van der Waals surface area contributed by atoms with Crippen molar-refractivity contribution >= 4 is 18.7 Å². The second kappa shape index (κ2) is 9.56. The van der Waals surface area contributed by atoms with Gasteiger partial charge in [-0.15, -0.1) is 0 Å². The van der Waals surface area contributed by atoms with Crippen LogP contribution in [-0.4, -0.2) is 20.0 Å². The van der Waals surface area contributed by atoms with E-state index < -0.39 is 13.9 Å². The maximum atomic E-state index is 11.8. The Morgan fingerprint density at radius 2 is 1.11 bits per heavy atom. The summed E-state index contributed by atoms with van der Waals surface area (Å²) in [4.78, 5) is 0. The third kappa shape index (κ3) is 4.02. The molecule has 180 valence electrons. The predicted molar refractivity (Wildman–Crippen MR) is 151 cm³/mol.